The van der Waals surface area contributed by atoms with Crippen molar-refractivity contribution >= 4 is 29.4 Å². The molecule has 7 heteroatoms. The van der Waals surface area contributed by atoms with Crippen molar-refractivity contribution < 1.29 is 18.7 Å². The van der Waals surface area contributed by atoms with Crippen LogP contribution in [0.25, 0.3) is 11.3 Å². The Balaban J connectivity index is 1.57. The molecule has 0 spiro atoms. The van der Waals surface area contributed by atoms with Gasteiger partial charge in [0.2, 0.25) is 5.91 Å². The van der Waals surface area contributed by atoms with Crippen LogP contribution in [-0.4, -0.2) is 24.7 Å². The molecule has 1 N–H and O–H groups in total. The summed E-state index contributed by atoms with van der Waals surface area (Å²) in [4.78, 5) is 24.4. The van der Waals surface area contributed by atoms with E-state index in [9.17, 15) is 9.59 Å². The number of nitrogens with zero attached hydrogens (tertiary/aromatic N) is 1. The van der Waals surface area contributed by atoms with Crippen LogP contribution in [0.15, 0.2) is 63.4 Å². The van der Waals surface area contributed by atoms with Gasteiger partial charge in [0.25, 0.3) is 0 Å². The topological polar surface area (TPSA) is 80.9 Å². The summed E-state index contributed by atoms with van der Waals surface area (Å²) in [5.74, 6) is 0.609. The maximum Gasteiger partial charge on any atom is 0.338 e. The molecule has 0 unspecified atom stereocenters. The lowest BCUT2D eigenvalue weighted by Gasteiger charge is -2.02. The summed E-state index contributed by atoms with van der Waals surface area (Å²) in [5.41, 5.74) is 3.79. The fraction of sp³-hybridized carbons (Fsp3) is 0.150. The summed E-state index contributed by atoms with van der Waals surface area (Å²) in [5, 5.41) is 5.84. The highest BCUT2D eigenvalue weighted by molar-refractivity contribution is 7.10. The molecule has 27 heavy (non-hydrogen) atoms. The maximum atomic E-state index is 11.8. The average molecular weight is 382 g/mol. The Hall–Kier alpha value is -3.19. The largest absolute Gasteiger partial charge is 0.462 e. The third kappa shape index (κ3) is 5.15. The smallest absolute Gasteiger partial charge is 0.338 e. The number of carbonyl (C=O) groups is 2. The number of thiophene rings is 1. The zero-order valence-electron chi connectivity index (χ0n) is 14.7. The fourth-order valence-electron chi connectivity index (χ4n) is 2.34. The molecule has 0 saturated heterocycles. The molecule has 0 saturated carbocycles. The van der Waals surface area contributed by atoms with E-state index in [0.717, 1.165) is 10.4 Å². The van der Waals surface area contributed by atoms with E-state index in [1.165, 1.54) is 17.6 Å². The Morgan fingerprint density at radius 3 is 2.70 bits per heavy atom. The molecule has 0 fully saturated rings. The molecule has 3 rings (SSSR count). The van der Waals surface area contributed by atoms with Crippen LogP contribution in [0.3, 0.4) is 0 Å². The van der Waals surface area contributed by atoms with E-state index in [2.05, 4.69) is 10.5 Å². The predicted octanol–water partition coefficient (Wildman–Crippen LogP) is 3.88. The molecule has 0 bridgehead atoms. The van der Waals surface area contributed by atoms with Crippen molar-refractivity contribution in [2.24, 2.45) is 5.10 Å². The van der Waals surface area contributed by atoms with Crippen molar-refractivity contribution in [3.63, 3.8) is 0 Å². The lowest BCUT2D eigenvalue weighted by atomic mass is 10.1. The molecular formula is C20H18N2O4S. The number of hydrogen-bond acceptors (Lipinski definition) is 6. The lowest BCUT2D eigenvalue weighted by Crippen LogP contribution is -2.19. The second kappa shape index (κ2) is 8.95. The Labute approximate surface area is 160 Å². The number of benzene rings is 1. The first-order chi connectivity index (χ1) is 13.2. The van der Waals surface area contributed by atoms with Gasteiger partial charge in [-0.25, -0.2) is 10.2 Å². The highest BCUT2D eigenvalue weighted by Gasteiger charge is 2.08. The number of rotatable bonds is 7. The first-order valence-electron chi connectivity index (χ1n) is 8.37. The van der Waals surface area contributed by atoms with Crippen LogP contribution in [0, 0.1) is 0 Å². The van der Waals surface area contributed by atoms with Crippen molar-refractivity contribution in [1.29, 1.82) is 0 Å². The molecule has 6 nitrogen and oxygen atoms in total. The third-order valence-corrected chi connectivity index (χ3v) is 4.48. The van der Waals surface area contributed by atoms with E-state index in [4.69, 9.17) is 9.15 Å². The number of carbonyl (C=O) groups excluding carboxylic acids is 2. The highest BCUT2D eigenvalue weighted by atomic mass is 32.1. The number of furan rings is 1. The van der Waals surface area contributed by atoms with E-state index in [1.807, 2.05) is 17.5 Å². The van der Waals surface area contributed by atoms with Gasteiger partial charge in [-0.2, -0.15) is 5.10 Å². The van der Waals surface area contributed by atoms with E-state index < -0.39 is 0 Å². The zero-order chi connectivity index (χ0) is 19.1. The summed E-state index contributed by atoms with van der Waals surface area (Å²) < 4.78 is 10.7. The Morgan fingerprint density at radius 2 is 2.00 bits per heavy atom. The van der Waals surface area contributed by atoms with E-state index >= 15 is 0 Å². The van der Waals surface area contributed by atoms with Crippen molar-refractivity contribution in [2.75, 3.05) is 6.61 Å². The first kappa shape index (κ1) is 18.6. The zero-order valence-corrected chi connectivity index (χ0v) is 15.5. The lowest BCUT2D eigenvalue weighted by molar-refractivity contribution is -0.120. The van der Waals surface area contributed by atoms with Crippen molar-refractivity contribution in [1.82, 2.24) is 5.43 Å². The minimum absolute atomic E-state index is 0.185. The van der Waals surface area contributed by atoms with Gasteiger partial charge >= 0.3 is 5.97 Å². The van der Waals surface area contributed by atoms with E-state index in [1.54, 1.807) is 43.3 Å². The molecule has 3 aromatic rings. The molecule has 0 aliphatic carbocycles. The van der Waals surface area contributed by atoms with Crippen molar-refractivity contribution in [2.45, 2.75) is 13.3 Å². The number of hydrazone groups is 1. The van der Waals surface area contributed by atoms with Gasteiger partial charge in [-0.3, -0.25) is 4.79 Å². The number of hydrogen-bond donors (Lipinski definition) is 1. The number of ether oxygens (including phenoxy) is 1. The molecule has 0 radical (unpaired) electrons. The highest BCUT2D eigenvalue weighted by Crippen LogP contribution is 2.22. The van der Waals surface area contributed by atoms with Crippen LogP contribution < -0.4 is 5.43 Å². The molecule has 2 aromatic heterocycles. The van der Waals surface area contributed by atoms with Crippen LogP contribution in [0.1, 0.15) is 27.9 Å². The van der Waals surface area contributed by atoms with E-state index in [0.29, 0.717) is 30.1 Å². The summed E-state index contributed by atoms with van der Waals surface area (Å²) in [6.07, 6.45) is 1.74. The molecule has 2 heterocycles. The van der Waals surface area contributed by atoms with Gasteiger partial charge in [0.15, 0.2) is 0 Å². The maximum absolute atomic E-state index is 11.8. The number of amides is 1. The molecule has 0 aliphatic heterocycles. The minimum atomic E-state index is -0.352. The van der Waals surface area contributed by atoms with Gasteiger partial charge in [-0.15, -0.1) is 11.3 Å². The fourth-order valence-corrected chi connectivity index (χ4v) is 3.04. The SMILES string of the molecule is CCOC(=O)c1ccc(-c2ccc(C=NNC(=O)Cc3cccs3)o2)cc1. The van der Waals surface area contributed by atoms with Crippen molar-refractivity contribution in [3.05, 3.63) is 70.1 Å². The van der Waals surface area contributed by atoms with Gasteiger partial charge in [0.05, 0.1) is 24.8 Å². The molecule has 1 amide bonds. The predicted molar refractivity (Wildman–Crippen MR) is 104 cm³/mol. The van der Waals surface area contributed by atoms with Gasteiger partial charge in [-0.05, 0) is 42.6 Å². The standard InChI is InChI=1S/C20H18N2O4S/c1-2-25-20(24)15-7-5-14(6-8-15)18-10-9-16(26-18)13-21-22-19(23)12-17-4-3-11-27-17/h3-11,13H,2,12H2,1H3,(H,22,23). The summed E-state index contributed by atoms with van der Waals surface area (Å²) in [6, 6.07) is 14.3. The van der Waals surface area contributed by atoms with Gasteiger partial charge in [0, 0.05) is 10.4 Å². The quantitative estimate of drug-likeness (QED) is 0.382. The van der Waals surface area contributed by atoms with Crippen LogP contribution in [0.5, 0.6) is 0 Å². The Bertz CT molecular complexity index is 927. The number of esters is 1. The van der Waals surface area contributed by atoms with Crippen molar-refractivity contribution in [3.8, 4) is 11.3 Å². The van der Waals surface area contributed by atoms with Crippen LogP contribution in [0.2, 0.25) is 0 Å². The van der Waals surface area contributed by atoms with Gasteiger partial charge < -0.3 is 9.15 Å². The number of nitrogens with one attached hydrogen (secondary N) is 1. The molecular weight excluding hydrogens is 364 g/mol. The monoisotopic (exact) mass is 382 g/mol. The van der Waals surface area contributed by atoms with Gasteiger partial charge in [-0.1, -0.05) is 18.2 Å². The second-order valence-electron chi connectivity index (χ2n) is 5.55. The normalized spacial score (nSPS) is 10.9. The molecule has 0 aliphatic rings. The van der Waals surface area contributed by atoms with Crippen LogP contribution in [0.4, 0.5) is 0 Å². The average Bonchev–Trinajstić information content (AvgIpc) is 3.34. The summed E-state index contributed by atoms with van der Waals surface area (Å²) >= 11 is 1.53. The first-order valence-corrected chi connectivity index (χ1v) is 9.25. The molecule has 138 valence electrons. The minimum Gasteiger partial charge on any atom is -0.462 e. The second-order valence-corrected chi connectivity index (χ2v) is 6.58. The summed E-state index contributed by atoms with van der Waals surface area (Å²) in [6.45, 7) is 2.11. The van der Waals surface area contributed by atoms with Crippen LogP contribution >= 0.6 is 11.3 Å². The van der Waals surface area contributed by atoms with Crippen LogP contribution in [-0.2, 0) is 16.0 Å². The van der Waals surface area contributed by atoms with E-state index in [-0.39, 0.29) is 11.9 Å². The van der Waals surface area contributed by atoms with Gasteiger partial charge in [0.1, 0.15) is 11.5 Å². The molecule has 1 aromatic carbocycles. The summed E-state index contributed by atoms with van der Waals surface area (Å²) in [7, 11) is 0. The Morgan fingerprint density at radius 1 is 1.19 bits per heavy atom. The third-order valence-electron chi connectivity index (χ3n) is 3.60. The Kier molecular flexibility index (Phi) is 6.17. The molecule has 0 atom stereocenters.